The van der Waals surface area contributed by atoms with E-state index in [1.165, 1.54) is 31.3 Å². The largest absolute Gasteiger partial charge is 0.393 e. The van der Waals surface area contributed by atoms with Crippen molar-refractivity contribution in [3.05, 3.63) is 35.5 Å². The van der Waals surface area contributed by atoms with E-state index in [1.807, 2.05) is 0 Å². The van der Waals surface area contributed by atoms with Crippen molar-refractivity contribution in [2.75, 3.05) is 0 Å². The van der Waals surface area contributed by atoms with E-state index < -0.39 is 24.0 Å². The standard InChI is InChI=1S/C27H43FO3/c1-17(8-13-25(28)26(3,4)31)22-11-12-23-19(7-6-14-27(22,23)5)9-10-20-15-21(29)16-24(30)18(20)2/h9-10,17,21-25,29-31H,2,6-8,11-16H2,1,3-5H3/t17-,21-,22-,23?,24+,25-,27-/m1/s1. The molecule has 0 aromatic rings. The van der Waals surface area contributed by atoms with Gasteiger partial charge in [0.15, 0.2) is 0 Å². The van der Waals surface area contributed by atoms with Crippen LogP contribution >= 0.6 is 0 Å². The van der Waals surface area contributed by atoms with E-state index in [2.05, 4.69) is 32.6 Å². The minimum atomic E-state index is -1.26. The first-order chi connectivity index (χ1) is 14.4. The molecular formula is C27H43FO3. The van der Waals surface area contributed by atoms with Crippen molar-refractivity contribution >= 4 is 0 Å². The fourth-order valence-electron chi connectivity index (χ4n) is 6.64. The van der Waals surface area contributed by atoms with E-state index in [1.54, 1.807) is 13.8 Å². The second kappa shape index (κ2) is 9.49. The van der Waals surface area contributed by atoms with E-state index in [0.717, 1.165) is 24.0 Å². The van der Waals surface area contributed by atoms with Crippen molar-refractivity contribution in [2.24, 2.45) is 23.2 Å². The van der Waals surface area contributed by atoms with Crippen LogP contribution < -0.4 is 0 Å². The van der Waals surface area contributed by atoms with Crippen LogP contribution in [0, 0.1) is 23.2 Å². The van der Waals surface area contributed by atoms with Gasteiger partial charge >= 0.3 is 0 Å². The summed E-state index contributed by atoms with van der Waals surface area (Å²) in [4.78, 5) is 0. The number of halogens is 1. The molecule has 7 atom stereocenters. The molecule has 0 amide bonds. The highest BCUT2D eigenvalue weighted by Gasteiger charge is 2.50. The third-order valence-electron chi connectivity index (χ3n) is 8.63. The summed E-state index contributed by atoms with van der Waals surface area (Å²) in [5, 5.41) is 30.1. The van der Waals surface area contributed by atoms with Gasteiger partial charge in [-0.15, -0.1) is 0 Å². The van der Waals surface area contributed by atoms with Gasteiger partial charge < -0.3 is 15.3 Å². The van der Waals surface area contributed by atoms with E-state index in [-0.39, 0.29) is 5.41 Å². The predicted molar refractivity (Wildman–Crippen MR) is 124 cm³/mol. The average Bonchev–Trinajstić information content (AvgIpc) is 3.04. The third kappa shape index (κ3) is 5.34. The summed E-state index contributed by atoms with van der Waals surface area (Å²) in [6.07, 6.45) is 10.0. The zero-order chi connectivity index (χ0) is 23.0. The maximum absolute atomic E-state index is 14.3. The Balaban J connectivity index is 1.71. The molecule has 0 radical (unpaired) electrons. The molecule has 0 saturated heterocycles. The summed E-state index contributed by atoms with van der Waals surface area (Å²) in [6, 6.07) is 0. The lowest BCUT2D eigenvalue weighted by molar-refractivity contribution is -0.0119. The number of aliphatic hydroxyl groups excluding tert-OH is 2. The number of rotatable bonds is 6. The zero-order valence-corrected chi connectivity index (χ0v) is 19.9. The van der Waals surface area contributed by atoms with Crippen LogP contribution in [0.5, 0.6) is 0 Å². The van der Waals surface area contributed by atoms with Gasteiger partial charge in [0.05, 0.1) is 17.8 Å². The topological polar surface area (TPSA) is 60.7 Å². The maximum atomic E-state index is 14.3. The smallest absolute Gasteiger partial charge is 0.128 e. The van der Waals surface area contributed by atoms with Gasteiger partial charge in [-0.2, -0.15) is 0 Å². The molecule has 1 unspecified atom stereocenters. The van der Waals surface area contributed by atoms with Crippen LogP contribution in [0.15, 0.2) is 35.5 Å². The summed E-state index contributed by atoms with van der Waals surface area (Å²) in [6.45, 7) is 11.8. The van der Waals surface area contributed by atoms with Crippen LogP contribution in [-0.2, 0) is 0 Å². The van der Waals surface area contributed by atoms with Crippen molar-refractivity contribution in [2.45, 2.75) is 109 Å². The molecule has 0 spiro atoms. The molecule has 0 heterocycles. The van der Waals surface area contributed by atoms with Crippen LogP contribution in [0.4, 0.5) is 4.39 Å². The Labute approximate surface area is 188 Å². The Morgan fingerprint density at radius 1 is 1.23 bits per heavy atom. The molecule has 3 nitrogen and oxygen atoms in total. The van der Waals surface area contributed by atoms with Gasteiger partial charge in [-0.05, 0) is 99.5 Å². The summed E-state index contributed by atoms with van der Waals surface area (Å²) in [7, 11) is 0. The lowest BCUT2D eigenvalue weighted by Crippen LogP contribution is -2.37. The van der Waals surface area contributed by atoms with Crippen LogP contribution in [0.1, 0.15) is 85.5 Å². The van der Waals surface area contributed by atoms with Gasteiger partial charge in [0, 0.05) is 6.42 Å². The highest BCUT2D eigenvalue weighted by Crippen LogP contribution is 2.60. The van der Waals surface area contributed by atoms with Gasteiger partial charge in [-0.1, -0.05) is 38.2 Å². The number of alkyl halides is 1. The summed E-state index contributed by atoms with van der Waals surface area (Å²) in [5.74, 6) is 1.57. The lowest BCUT2D eigenvalue weighted by atomic mass is 9.60. The van der Waals surface area contributed by atoms with Gasteiger partial charge in [0.1, 0.15) is 6.17 Å². The fraction of sp³-hybridized carbons (Fsp3) is 0.778. The molecule has 0 aliphatic heterocycles. The highest BCUT2D eigenvalue weighted by atomic mass is 19.1. The monoisotopic (exact) mass is 434 g/mol. The summed E-state index contributed by atoms with van der Waals surface area (Å²) >= 11 is 0. The molecule has 3 N–H and O–H groups in total. The van der Waals surface area contributed by atoms with Crippen molar-refractivity contribution in [3.63, 3.8) is 0 Å². The first kappa shape index (κ1) is 24.7. The number of hydrogen-bond donors (Lipinski definition) is 3. The second-order valence-corrected chi connectivity index (χ2v) is 11.3. The van der Waals surface area contributed by atoms with Gasteiger partial charge in [0.25, 0.3) is 0 Å². The van der Waals surface area contributed by atoms with Crippen molar-refractivity contribution in [3.8, 4) is 0 Å². The molecule has 3 fully saturated rings. The molecule has 0 bridgehead atoms. The SMILES string of the molecule is C=C1C(=CC=C2CCC[C@@]3(C)C2CC[C@@H]3[C@H](C)CC[C@@H](F)C(C)(C)O)C[C@@H](O)C[C@@H]1O. The van der Waals surface area contributed by atoms with E-state index >= 15 is 0 Å². The molecule has 3 aliphatic carbocycles. The molecule has 0 aromatic carbocycles. The highest BCUT2D eigenvalue weighted by molar-refractivity contribution is 5.38. The number of aliphatic hydroxyl groups is 3. The zero-order valence-electron chi connectivity index (χ0n) is 19.9. The Morgan fingerprint density at radius 2 is 1.94 bits per heavy atom. The predicted octanol–water partition coefficient (Wildman–Crippen LogP) is 5.65. The number of hydrogen-bond acceptors (Lipinski definition) is 3. The quantitative estimate of drug-likeness (QED) is 0.506. The van der Waals surface area contributed by atoms with E-state index in [9.17, 15) is 19.7 Å². The minimum Gasteiger partial charge on any atom is -0.393 e. The van der Waals surface area contributed by atoms with Gasteiger partial charge in [-0.25, -0.2) is 4.39 Å². The number of allylic oxidation sites excluding steroid dienone is 3. The first-order valence-corrected chi connectivity index (χ1v) is 12.2. The van der Waals surface area contributed by atoms with E-state index in [0.29, 0.717) is 37.0 Å². The van der Waals surface area contributed by atoms with Crippen LogP contribution in [-0.4, -0.2) is 39.3 Å². The molecular weight excluding hydrogens is 391 g/mol. The summed E-state index contributed by atoms with van der Waals surface area (Å²) < 4.78 is 14.3. The average molecular weight is 435 g/mol. The molecule has 4 heteroatoms. The molecule has 0 aromatic heterocycles. The third-order valence-corrected chi connectivity index (χ3v) is 8.63. The Kier molecular flexibility index (Phi) is 7.55. The normalized spacial score (nSPS) is 39.0. The Hall–Kier alpha value is -0.970. The van der Waals surface area contributed by atoms with Crippen molar-refractivity contribution in [1.29, 1.82) is 0 Å². The summed E-state index contributed by atoms with van der Waals surface area (Å²) in [5.41, 5.74) is 2.17. The molecule has 3 aliphatic rings. The van der Waals surface area contributed by atoms with Crippen LogP contribution in [0.2, 0.25) is 0 Å². The second-order valence-electron chi connectivity index (χ2n) is 11.3. The Bertz CT molecular complexity index is 718. The maximum Gasteiger partial charge on any atom is 0.128 e. The molecule has 3 rings (SSSR count). The number of fused-ring (bicyclic) bond motifs is 1. The fourth-order valence-corrected chi connectivity index (χ4v) is 6.64. The van der Waals surface area contributed by atoms with Crippen molar-refractivity contribution < 1.29 is 19.7 Å². The minimum absolute atomic E-state index is 0.241. The molecule has 31 heavy (non-hydrogen) atoms. The van der Waals surface area contributed by atoms with Gasteiger partial charge in [0.2, 0.25) is 0 Å². The van der Waals surface area contributed by atoms with Crippen molar-refractivity contribution in [1.82, 2.24) is 0 Å². The first-order valence-electron chi connectivity index (χ1n) is 12.2. The van der Waals surface area contributed by atoms with E-state index in [4.69, 9.17) is 0 Å². The van der Waals surface area contributed by atoms with Crippen LogP contribution in [0.25, 0.3) is 0 Å². The molecule has 3 saturated carbocycles. The molecule has 176 valence electrons. The van der Waals surface area contributed by atoms with Gasteiger partial charge in [-0.3, -0.25) is 0 Å². The Morgan fingerprint density at radius 3 is 2.61 bits per heavy atom. The van der Waals surface area contributed by atoms with Crippen LogP contribution in [0.3, 0.4) is 0 Å². The lowest BCUT2D eigenvalue weighted by Gasteiger charge is -2.44.